The summed E-state index contributed by atoms with van der Waals surface area (Å²) < 4.78 is 107. The molecular weight excluding hydrogens is 299 g/mol. The van der Waals surface area contributed by atoms with E-state index in [0.29, 0.717) is 0 Å². The first-order valence-corrected chi connectivity index (χ1v) is 6.78. The summed E-state index contributed by atoms with van der Waals surface area (Å²) in [4.78, 5) is 0. The average Bonchev–Trinajstić information content (AvgIpc) is 2.09. The van der Waals surface area contributed by atoms with E-state index in [1.54, 1.807) is 0 Å². The molecule has 1 saturated heterocycles. The van der Waals surface area contributed by atoms with Gasteiger partial charge in [-0.25, -0.2) is 8.78 Å². The lowest BCUT2D eigenvalue weighted by Gasteiger charge is -2.39. The van der Waals surface area contributed by atoms with E-state index in [1.165, 1.54) is 0 Å². The van der Waals surface area contributed by atoms with Gasteiger partial charge < -0.3 is 0 Å². The van der Waals surface area contributed by atoms with Crippen molar-refractivity contribution in [3.05, 3.63) is 0 Å². The number of alkyl halides is 4. The van der Waals surface area contributed by atoms with Gasteiger partial charge in [0, 0.05) is 12.8 Å². The molecule has 2 atom stereocenters. The molecule has 2 unspecified atom stereocenters. The van der Waals surface area contributed by atoms with Crippen molar-refractivity contribution < 1.29 is 42.5 Å². The average molecular weight is 304 g/mol. The Kier molecular flexibility index (Phi) is 3.21. The van der Waals surface area contributed by atoms with Gasteiger partial charge in [-0.3, -0.25) is 0 Å². The van der Waals surface area contributed by atoms with E-state index in [4.69, 9.17) is 0 Å². The fraction of sp³-hybridized carbons (Fsp3) is 1.00. The summed E-state index contributed by atoms with van der Waals surface area (Å²) in [5, 5.41) is -4.24. The normalized spacial score (nSPS) is 32.8. The van der Waals surface area contributed by atoms with Crippen molar-refractivity contribution in [3.63, 3.8) is 0 Å². The molecule has 1 fully saturated rings. The second kappa shape index (κ2) is 3.75. The van der Waals surface area contributed by atoms with Crippen LogP contribution in [-0.2, 0) is 24.5 Å². The van der Waals surface area contributed by atoms with Crippen LogP contribution in [0.25, 0.3) is 0 Å². The van der Waals surface area contributed by atoms with E-state index in [0.717, 1.165) is 0 Å². The molecule has 0 amide bonds. The summed E-state index contributed by atoms with van der Waals surface area (Å²) in [6.07, 6.45) is -8.04. The van der Waals surface area contributed by atoms with E-state index >= 15 is 0 Å². The van der Waals surface area contributed by atoms with Crippen molar-refractivity contribution in [2.24, 2.45) is 0 Å². The Hall–Kier alpha value is -0.490. The van der Waals surface area contributed by atoms with Crippen LogP contribution < -0.4 is 0 Å². The minimum Gasteiger partial charge on any atom is -0.227 e. The lowest BCUT2D eigenvalue weighted by atomic mass is 10.2. The molecule has 0 saturated carbocycles. The van der Waals surface area contributed by atoms with Crippen LogP contribution in [0.3, 0.4) is 0 Å². The predicted octanol–water partition coefficient (Wildman–Crippen LogP) is 0.980. The van der Waals surface area contributed by atoms with Crippen LogP contribution >= 0.6 is 0 Å². The Morgan fingerprint density at radius 1 is 1.24 bits per heavy atom. The SMILES string of the molecule is O=S(=O)(F)C(F)CCC1(F)C(F)(F)OS1(=O)=O. The molecule has 0 N–H and O–H groups in total. The Balaban J connectivity index is 2.82. The molecule has 1 aliphatic rings. The van der Waals surface area contributed by atoms with Gasteiger partial charge in [-0.05, 0) is 0 Å². The Morgan fingerprint density at radius 2 is 1.71 bits per heavy atom. The Bertz CT molecular complexity index is 513. The van der Waals surface area contributed by atoms with Crippen LogP contribution in [0.5, 0.6) is 0 Å². The molecule has 0 radical (unpaired) electrons. The molecule has 12 heteroatoms. The maximum atomic E-state index is 13.3. The zero-order chi connectivity index (χ0) is 13.7. The van der Waals surface area contributed by atoms with Crippen LogP contribution in [0.15, 0.2) is 0 Å². The molecule has 1 rings (SSSR count). The molecule has 0 aliphatic carbocycles. The highest BCUT2D eigenvalue weighted by atomic mass is 32.3. The zero-order valence-corrected chi connectivity index (χ0v) is 9.37. The van der Waals surface area contributed by atoms with Gasteiger partial charge in [0.2, 0.25) is 5.50 Å². The van der Waals surface area contributed by atoms with Crippen LogP contribution in [-0.4, -0.2) is 33.4 Å². The highest BCUT2D eigenvalue weighted by molar-refractivity contribution is 7.89. The van der Waals surface area contributed by atoms with Crippen LogP contribution in [0.1, 0.15) is 12.8 Å². The monoisotopic (exact) mass is 304 g/mol. The minimum atomic E-state index is -5.70. The third-order valence-corrected chi connectivity index (χ3v) is 4.55. The highest BCUT2D eigenvalue weighted by Gasteiger charge is 2.78. The molecule has 0 aromatic rings. The molecule has 0 aromatic carbocycles. The molecule has 1 heterocycles. The quantitative estimate of drug-likeness (QED) is 0.439. The molecule has 0 spiro atoms. The van der Waals surface area contributed by atoms with Gasteiger partial charge >= 0.3 is 31.5 Å². The summed E-state index contributed by atoms with van der Waals surface area (Å²) in [7, 11) is -11.0. The summed E-state index contributed by atoms with van der Waals surface area (Å²) in [5.74, 6) is 0. The number of hydrogen-bond acceptors (Lipinski definition) is 5. The summed E-state index contributed by atoms with van der Waals surface area (Å²) >= 11 is 0. The van der Waals surface area contributed by atoms with Gasteiger partial charge in [-0.15, -0.1) is 3.89 Å². The van der Waals surface area contributed by atoms with E-state index in [-0.39, 0.29) is 0 Å². The summed E-state index contributed by atoms with van der Waals surface area (Å²) in [6.45, 7) is 0. The Labute approximate surface area is 92.9 Å². The lowest BCUT2D eigenvalue weighted by molar-refractivity contribution is -0.277. The van der Waals surface area contributed by atoms with Gasteiger partial charge in [0.15, 0.2) is 0 Å². The van der Waals surface area contributed by atoms with Crippen LogP contribution in [0, 0.1) is 0 Å². The largest absolute Gasteiger partial charge is 0.420 e. The first-order chi connectivity index (χ1) is 7.33. The predicted molar refractivity (Wildman–Crippen MR) is 42.9 cm³/mol. The second-order valence-corrected chi connectivity index (χ2v) is 6.39. The summed E-state index contributed by atoms with van der Waals surface area (Å²) in [5.41, 5.74) is -3.28. The first kappa shape index (κ1) is 14.6. The third-order valence-electron chi connectivity index (χ3n) is 2.04. The standard InChI is InChI=1S/C5H5F5O5S2/c6-3(16(10,11)12)1-2-4(7)5(8,9)15-17(4,13)14/h3H,1-2H2. The van der Waals surface area contributed by atoms with Crippen molar-refractivity contribution in [3.8, 4) is 0 Å². The van der Waals surface area contributed by atoms with Crippen molar-refractivity contribution in [2.75, 3.05) is 0 Å². The molecule has 1 aliphatic heterocycles. The van der Waals surface area contributed by atoms with Gasteiger partial charge in [-0.1, -0.05) is 0 Å². The van der Waals surface area contributed by atoms with E-state index in [2.05, 4.69) is 4.18 Å². The van der Waals surface area contributed by atoms with Crippen LogP contribution in [0.2, 0.25) is 0 Å². The number of halogens is 5. The van der Waals surface area contributed by atoms with Gasteiger partial charge in [-0.2, -0.15) is 29.8 Å². The topological polar surface area (TPSA) is 77.5 Å². The van der Waals surface area contributed by atoms with Crippen molar-refractivity contribution in [1.29, 1.82) is 0 Å². The number of rotatable bonds is 4. The smallest absolute Gasteiger partial charge is 0.227 e. The van der Waals surface area contributed by atoms with Crippen molar-refractivity contribution >= 4 is 20.3 Å². The van der Waals surface area contributed by atoms with E-state index < -0.39 is 49.8 Å². The fourth-order valence-electron chi connectivity index (χ4n) is 1.09. The molecule has 0 aromatic heterocycles. The number of hydrogen-bond donors (Lipinski definition) is 0. The summed E-state index contributed by atoms with van der Waals surface area (Å²) in [6, 6.07) is 0. The minimum absolute atomic E-state index is 1.58. The van der Waals surface area contributed by atoms with Gasteiger partial charge in [0.25, 0.3) is 0 Å². The molecular formula is C5H5F5O5S2. The van der Waals surface area contributed by atoms with Gasteiger partial charge in [0.1, 0.15) is 0 Å². The second-order valence-electron chi connectivity index (χ2n) is 3.21. The van der Waals surface area contributed by atoms with E-state index in [9.17, 15) is 38.3 Å². The fourth-order valence-corrected chi connectivity index (χ4v) is 2.61. The first-order valence-electron chi connectivity index (χ1n) is 3.93. The lowest BCUT2D eigenvalue weighted by Crippen LogP contribution is -2.64. The maximum absolute atomic E-state index is 13.3. The zero-order valence-electron chi connectivity index (χ0n) is 7.74. The Morgan fingerprint density at radius 3 is 2.00 bits per heavy atom. The molecule has 5 nitrogen and oxygen atoms in total. The van der Waals surface area contributed by atoms with E-state index in [1.807, 2.05) is 0 Å². The third kappa shape index (κ3) is 2.25. The molecule has 102 valence electrons. The highest BCUT2D eigenvalue weighted by Crippen LogP contribution is 2.53. The maximum Gasteiger partial charge on any atom is 0.420 e. The molecule has 0 bridgehead atoms. The van der Waals surface area contributed by atoms with Crippen molar-refractivity contribution in [2.45, 2.75) is 29.5 Å². The van der Waals surface area contributed by atoms with Crippen LogP contribution in [0.4, 0.5) is 21.4 Å². The van der Waals surface area contributed by atoms with Gasteiger partial charge in [0.05, 0.1) is 0 Å². The molecule has 17 heavy (non-hydrogen) atoms. The van der Waals surface area contributed by atoms with Crippen molar-refractivity contribution in [1.82, 2.24) is 0 Å².